The number of rotatable bonds is 8. The van der Waals surface area contributed by atoms with Crippen LogP contribution in [0.15, 0.2) is 77.3 Å². The number of hydrogen-bond donors (Lipinski definition) is 1. The Labute approximate surface area is 181 Å². The van der Waals surface area contributed by atoms with Gasteiger partial charge in [0.2, 0.25) is 0 Å². The highest BCUT2D eigenvalue weighted by atomic mass is 79.9. The van der Waals surface area contributed by atoms with Gasteiger partial charge in [-0.05, 0) is 65.6 Å². The van der Waals surface area contributed by atoms with E-state index in [1.165, 1.54) is 5.56 Å². The van der Waals surface area contributed by atoms with E-state index < -0.39 is 0 Å². The summed E-state index contributed by atoms with van der Waals surface area (Å²) in [5, 5.41) is 3.53. The summed E-state index contributed by atoms with van der Waals surface area (Å²) in [7, 11) is 1.62. The summed E-state index contributed by atoms with van der Waals surface area (Å²) < 4.78 is 6.21. The zero-order valence-corrected chi connectivity index (χ0v) is 18.6. The van der Waals surface area contributed by atoms with E-state index in [0.29, 0.717) is 17.9 Å². The average molecular weight is 452 g/mol. The third-order valence-electron chi connectivity index (χ3n) is 4.99. The first-order valence-electron chi connectivity index (χ1n) is 9.75. The fraction of sp³-hybridized carbons (Fsp3) is 0.240. The molecule has 1 atom stereocenters. The predicted molar refractivity (Wildman–Crippen MR) is 123 cm³/mol. The maximum Gasteiger partial charge on any atom is 0.165 e. The molecule has 150 valence electrons. The molecule has 3 aromatic carbocycles. The summed E-state index contributed by atoms with van der Waals surface area (Å²) in [6.45, 7) is 4.36. The summed E-state index contributed by atoms with van der Waals surface area (Å²) in [6, 6.07) is 23.7. The van der Waals surface area contributed by atoms with Crippen molar-refractivity contribution < 1.29 is 9.53 Å². The van der Waals surface area contributed by atoms with Gasteiger partial charge >= 0.3 is 0 Å². The fourth-order valence-electron chi connectivity index (χ4n) is 3.19. The van der Waals surface area contributed by atoms with E-state index in [1.807, 2.05) is 48.5 Å². The van der Waals surface area contributed by atoms with E-state index >= 15 is 0 Å². The van der Waals surface area contributed by atoms with Gasteiger partial charge in [0.15, 0.2) is 5.78 Å². The molecular weight excluding hydrogens is 426 g/mol. The van der Waals surface area contributed by atoms with E-state index in [2.05, 4.69) is 59.4 Å². The highest BCUT2D eigenvalue weighted by molar-refractivity contribution is 9.10. The molecule has 1 N–H and O–H groups in total. The number of carbonyl (C=O) groups excluding carboxylic acids is 1. The first kappa shape index (κ1) is 21.1. The zero-order chi connectivity index (χ0) is 20.8. The van der Waals surface area contributed by atoms with Gasteiger partial charge in [-0.3, -0.25) is 4.79 Å². The van der Waals surface area contributed by atoms with Gasteiger partial charge in [0.05, 0.1) is 13.2 Å². The van der Waals surface area contributed by atoms with Crippen molar-refractivity contribution in [2.75, 3.05) is 12.4 Å². The number of Topliss-reactive ketones (excluding diaryl/α,β-unsaturated/α-hetero) is 1. The van der Waals surface area contributed by atoms with E-state index in [0.717, 1.165) is 21.5 Å². The highest BCUT2D eigenvalue weighted by Crippen LogP contribution is 2.27. The predicted octanol–water partition coefficient (Wildman–Crippen LogP) is 7.01. The van der Waals surface area contributed by atoms with Crippen molar-refractivity contribution >= 4 is 27.4 Å². The quantitative estimate of drug-likeness (QED) is 0.374. The van der Waals surface area contributed by atoms with E-state index in [4.69, 9.17) is 4.74 Å². The molecule has 29 heavy (non-hydrogen) atoms. The minimum absolute atomic E-state index is 0.0928. The largest absolute Gasteiger partial charge is 0.497 e. The molecule has 0 aliphatic rings. The number of ether oxygens (including phenoxy) is 1. The van der Waals surface area contributed by atoms with Crippen LogP contribution in [0.1, 0.15) is 53.7 Å². The second-order valence-corrected chi connectivity index (χ2v) is 8.30. The molecule has 0 aromatic heterocycles. The van der Waals surface area contributed by atoms with Crippen LogP contribution in [0.25, 0.3) is 0 Å². The molecule has 0 spiro atoms. The van der Waals surface area contributed by atoms with Crippen LogP contribution >= 0.6 is 15.9 Å². The van der Waals surface area contributed by atoms with Crippen molar-refractivity contribution in [1.82, 2.24) is 0 Å². The smallest absolute Gasteiger partial charge is 0.165 e. The number of methoxy groups -OCH3 is 1. The Balaban J connectivity index is 1.84. The number of benzene rings is 3. The second-order valence-electron chi connectivity index (χ2n) is 7.38. The Hall–Kier alpha value is -2.59. The van der Waals surface area contributed by atoms with Crippen LogP contribution in [0.4, 0.5) is 5.69 Å². The van der Waals surface area contributed by atoms with Crippen molar-refractivity contribution in [2.45, 2.75) is 32.2 Å². The standard InChI is InChI=1S/C25H26BrNO2/c1-17(2)18-4-6-19(7-5-18)24(27-22-12-10-21(26)11-13-22)16-25(28)20-8-14-23(29-3)15-9-20/h4-15,17,24,27H,16H2,1-3H3. The van der Waals surface area contributed by atoms with Gasteiger partial charge in [-0.2, -0.15) is 0 Å². The molecule has 0 amide bonds. The van der Waals surface area contributed by atoms with Crippen molar-refractivity contribution in [3.63, 3.8) is 0 Å². The van der Waals surface area contributed by atoms with Crippen molar-refractivity contribution in [3.05, 3.63) is 94.0 Å². The first-order chi connectivity index (χ1) is 14.0. The lowest BCUT2D eigenvalue weighted by Crippen LogP contribution is -2.16. The highest BCUT2D eigenvalue weighted by Gasteiger charge is 2.18. The summed E-state index contributed by atoms with van der Waals surface area (Å²) >= 11 is 3.47. The molecule has 0 aliphatic carbocycles. The minimum atomic E-state index is -0.119. The van der Waals surface area contributed by atoms with Gasteiger partial charge in [0, 0.05) is 22.1 Å². The molecule has 0 saturated carbocycles. The van der Waals surface area contributed by atoms with Gasteiger partial charge in [0.1, 0.15) is 5.75 Å². The monoisotopic (exact) mass is 451 g/mol. The fourth-order valence-corrected chi connectivity index (χ4v) is 3.46. The molecule has 0 saturated heterocycles. The molecule has 0 radical (unpaired) electrons. The summed E-state index contributed by atoms with van der Waals surface area (Å²) in [4.78, 5) is 13.0. The van der Waals surface area contributed by atoms with Crippen molar-refractivity contribution in [1.29, 1.82) is 0 Å². The Bertz CT molecular complexity index is 932. The number of halogens is 1. The minimum Gasteiger partial charge on any atom is -0.497 e. The topological polar surface area (TPSA) is 38.3 Å². The third-order valence-corrected chi connectivity index (χ3v) is 5.52. The van der Waals surface area contributed by atoms with Gasteiger partial charge in [-0.15, -0.1) is 0 Å². The van der Waals surface area contributed by atoms with E-state index in [1.54, 1.807) is 7.11 Å². The van der Waals surface area contributed by atoms with Crippen LogP contribution in [0.5, 0.6) is 5.75 Å². The summed E-state index contributed by atoms with van der Waals surface area (Å²) in [5.74, 6) is 1.31. The Morgan fingerprint density at radius 2 is 1.48 bits per heavy atom. The first-order valence-corrected chi connectivity index (χ1v) is 10.5. The van der Waals surface area contributed by atoms with Gasteiger partial charge < -0.3 is 10.1 Å². The van der Waals surface area contributed by atoms with Gasteiger partial charge in [0.25, 0.3) is 0 Å². The maximum absolute atomic E-state index is 13.0. The lowest BCUT2D eigenvalue weighted by atomic mass is 9.95. The van der Waals surface area contributed by atoms with E-state index in [-0.39, 0.29) is 11.8 Å². The van der Waals surface area contributed by atoms with E-state index in [9.17, 15) is 4.79 Å². The SMILES string of the molecule is COc1ccc(C(=O)CC(Nc2ccc(Br)cc2)c2ccc(C(C)C)cc2)cc1. The van der Waals surface area contributed by atoms with Crippen LogP contribution in [-0.4, -0.2) is 12.9 Å². The number of carbonyl (C=O) groups is 1. The number of nitrogens with one attached hydrogen (secondary N) is 1. The number of anilines is 1. The van der Waals surface area contributed by atoms with Crippen LogP contribution in [0.2, 0.25) is 0 Å². The van der Waals surface area contributed by atoms with Crippen LogP contribution in [-0.2, 0) is 0 Å². The molecule has 0 bridgehead atoms. The molecule has 0 aliphatic heterocycles. The number of ketones is 1. The Morgan fingerprint density at radius 1 is 0.897 bits per heavy atom. The van der Waals surface area contributed by atoms with Crippen LogP contribution in [0.3, 0.4) is 0 Å². The summed E-state index contributed by atoms with van der Waals surface area (Å²) in [5.41, 5.74) is 4.05. The van der Waals surface area contributed by atoms with Crippen molar-refractivity contribution in [2.24, 2.45) is 0 Å². The maximum atomic E-state index is 13.0. The molecule has 3 rings (SSSR count). The zero-order valence-electron chi connectivity index (χ0n) is 17.0. The molecule has 0 fully saturated rings. The van der Waals surface area contributed by atoms with Crippen molar-refractivity contribution in [3.8, 4) is 5.75 Å². The van der Waals surface area contributed by atoms with Crippen LogP contribution in [0, 0.1) is 0 Å². The molecular formula is C25H26BrNO2. The van der Waals surface area contributed by atoms with Crippen LogP contribution < -0.4 is 10.1 Å². The second kappa shape index (κ2) is 9.75. The lowest BCUT2D eigenvalue weighted by molar-refractivity contribution is 0.0976. The molecule has 1 unspecified atom stereocenters. The normalized spacial score (nSPS) is 11.9. The van der Waals surface area contributed by atoms with Gasteiger partial charge in [-0.25, -0.2) is 0 Å². The molecule has 4 heteroatoms. The van der Waals surface area contributed by atoms with Gasteiger partial charge in [-0.1, -0.05) is 54.0 Å². The Morgan fingerprint density at radius 3 is 2.03 bits per heavy atom. The third kappa shape index (κ3) is 5.70. The molecule has 3 aromatic rings. The average Bonchev–Trinajstić information content (AvgIpc) is 2.75. The Kier molecular flexibility index (Phi) is 7.10. The lowest BCUT2D eigenvalue weighted by Gasteiger charge is -2.21. The summed E-state index contributed by atoms with van der Waals surface area (Å²) in [6.07, 6.45) is 0.365. The number of hydrogen-bond acceptors (Lipinski definition) is 3. The molecule has 3 nitrogen and oxygen atoms in total. The molecule has 0 heterocycles.